The molecule has 3 rings (SSSR count). The minimum atomic E-state index is 0.399. The number of rotatable bonds is 2. The van der Waals surface area contributed by atoms with Gasteiger partial charge in [0.15, 0.2) is 0 Å². The normalized spacial score (nSPS) is 16.8. The molecule has 1 aliphatic carbocycles. The van der Waals surface area contributed by atoms with Crippen molar-refractivity contribution in [1.29, 1.82) is 0 Å². The predicted molar refractivity (Wildman–Crippen MR) is 77.4 cm³/mol. The van der Waals surface area contributed by atoms with Crippen molar-refractivity contribution >= 4 is 22.5 Å². The summed E-state index contributed by atoms with van der Waals surface area (Å²) in [6, 6.07) is 12.8. The van der Waals surface area contributed by atoms with Gasteiger partial charge in [0.25, 0.3) is 0 Å². The van der Waals surface area contributed by atoms with Crippen LogP contribution in [0, 0.1) is 0 Å². The highest BCUT2D eigenvalue weighted by Gasteiger charge is 2.22. The van der Waals surface area contributed by atoms with Gasteiger partial charge >= 0.3 is 0 Å². The average Bonchev–Trinajstić information content (AvgIpc) is 2.47. The minimum absolute atomic E-state index is 0.399. The summed E-state index contributed by atoms with van der Waals surface area (Å²) in [5.74, 6) is 1.40. The third kappa shape index (κ3) is 2.46. The standard InChI is InChI=1S/C16H18N2O/c1-18(13-7-9-14(19)10-8-13)16-11-6-12-4-2-3-5-15(12)17-16/h2-6,11,13H,7-10H2,1H3. The highest BCUT2D eigenvalue weighted by molar-refractivity contribution is 5.81. The fraction of sp³-hybridized carbons (Fsp3) is 0.375. The minimum Gasteiger partial charge on any atom is -0.357 e. The van der Waals surface area contributed by atoms with E-state index in [-0.39, 0.29) is 0 Å². The molecule has 2 aromatic rings. The van der Waals surface area contributed by atoms with Crippen molar-refractivity contribution in [1.82, 2.24) is 4.98 Å². The third-order valence-electron chi connectivity index (χ3n) is 4.01. The lowest BCUT2D eigenvalue weighted by Gasteiger charge is -2.31. The molecule has 98 valence electrons. The Hall–Kier alpha value is -1.90. The number of fused-ring (bicyclic) bond motifs is 1. The largest absolute Gasteiger partial charge is 0.357 e. The van der Waals surface area contributed by atoms with E-state index in [1.165, 1.54) is 5.39 Å². The molecule has 0 radical (unpaired) electrons. The zero-order valence-corrected chi connectivity index (χ0v) is 11.2. The van der Waals surface area contributed by atoms with Crippen LogP contribution in [0.2, 0.25) is 0 Å². The molecule has 1 fully saturated rings. The molecule has 19 heavy (non-hydrogen) atoms. The molecule has 3 nitrogen and oxygen atoms in total. The van der Waals surface area contributed by atoms with Crippen LogP contribution < -0.4 is 4.90 Å². The summed E-state index contributed by atoms with van der Waals surface area (Å²) < 4.78 is 0. The molecule has 0 N–H and O–H groups in total. The second-order valence-electron chi connectivity index (χ2n) is 5.24. The maximum atomic E-state index is 11.3. The van der Waals surface area contributed by atoms with E-state index in [1.807, 2.05) is 18.2 Å². The lowest BCUT2D eigenvalue weighted by atomic mass is 9.93. The molecule has 0 amide bonds. The molecule has 0 saturated heterocycles. The Kier molecular flexibility index (Phi) is 3.20. The Labute approximate surface area is 113 Å². The molecule has 1 heterocycles. The number of carbonyl (C=O) groups is 1. The van der Waals surface area contributed by atoms with Gasteiger partial charge in [-0.05, 0) is 31.0 Å². The van der Waals surface area contributed by atoms with E-state index < -0.39 is 0 Å². The van der Waals surface area contributed by atoms with Crippen molar-refractivity contribution in [2.45, 2.75) is 31.7 Å². The van der Waals surface area contributed by atoms with Crippen LogP contribution in [-0.2, 0) is 4.79 Å². The van der Waals surface area contributed by atoms with Crippen LogP contribution in [0.25, 0.3) is 10.9 Å². The van der Waals surface area contributed by atoms with Crippen LogP contribution in [0.15, 0.2) is 36.4 Å². The molecule has 1 aliphatic rings. The smallest absolute Gasteiger partial charge is 0.133 e. The van der Waals surface area contributed by atoms with Crippen molar-refractivity contribution in [3.8, 4) is 0 Å². The van der Waals surface area contributed by atoms with Gasteiger partial charge in [0.05, 0.1) is 5.52 Å². The van der Waals surface area contributed by atoms with Crippen LogP contribution in [0.1, 0.15) is 25.7 Å². The Morgan fingerprint density at radius 1 is 1.11 bits per heavy atom. The van der Waals surface area contributed by atoms with Gasteiger partial charge in [-0.2, -0.15) is 0 Å². The molecule has 1 saturated carbocycles. The summed E-state index contributed by atoms with van der Waals surface area (Å²) >= 11 is 0. The predicted octanol–water partition coefficient (Wildman–Crippen LogP) is 3.18. The van der Waals surface area contributed by atoms with E-state index in [4.69, 9.17) is 4.98 Å². The number of hydrogen-bond acceptors (Lipinski definition) is 3. The van der Waals surface area contributed by atoms with Crippen LogP contribution in [-0.4, -0.2) is 23.9 Å². The van der Waals surface area contributed by atoms with Crippen LogP contribution in [0.4, 0.5) is 5.82 Å². The number of nitrogens with zero attached hydrogens (tertiary/aromatic N) is 2. The lowest BCUT2D eigenvalue weighted by Crippen LogP contribution is -2.35. The van der Waals surface area contributed by atoms with E-state index in [0.29, 0.717) is 24.7 Å². The molecule has 0 aliphatic heterocycles. The maximum absolute atomic E-state index is 11.3. The van der Waals surface area contributed by atoms with Crippen molar-refractivity contribution in [3.05, 3.63) is 36.4 Å². The molecule has 0 bridgehead atoms. The molecule has 1 aromatic heterocycles. The van der Waals surface area contributed by atoms with Crippen LogP contribution in [0.5, 0.6) is 0 Å². The van der Waals surface area contributed by atoms with E-state index in [1.54, 1.807) is 0 Å². The maximum Gasteiger partial charge on any atom is 0.133 e. The van der Waals surface area contributed by atoms with Crippen molar-refractivity contribution < 1.29 is 4.79 Å². The molecule has 0 unspecified atom stereocenters. The third-order valence-corrected chi connectivity index (χ3v) is 4.01. The fourth-order valence-electron chi connectivity index (χ4n) is 2.75. The number of anilines is 1. The number of Topliss-reactive ketones (excluding diaryl/α,β-unsaturated/α-hetero) is 1. The van der Waals surface area contributed by atoms with E-state index in [2.05, 4.69) is 30.1 Å². The summed E-state index contributed by atoms with van der Waals surface area (Å²) in [7, 11) is 2.08. The quantitative estimate of drug-likeness (QED) is 0.825. The molecule has 3 heteroatoms. The Morgan fingerprint density at radius 2 is 1.84 bits per heavy atom. The van der Waals surface area contributed by atoms with Gasteiger partial charge in [-0.1, -0.05) is 18.2 Å². The van der Waals surface area contributed by atoms with Gasteiger partial charge in [-0.25, -0.2) is 4.98 Å². The number of para-hydroxylation sites is 1. The number of ketones is 1. The van der Waals surface area contributed by atoms with Gasteiger partial charge in [0.1, 0.15) is 11.6 Å². The van der Waals surface area contributed by atoms with Gasteiger partial charge in [-0.15, -0.1) is 0 Å². The van der Waals surface area contributed by atoms with E-state index in [9.17, 15) is 4.79 Å². The van der Waals surface area contributed by atoms with Gasteiger partial charge < -0.3 is 4.90 Å². The Balaban J connectivity index is 1.84. The molecule has 1 aromatic carbocycles. The monoisotopic (exact) mass is 254 g/mol. The first-order valence-electron chi connectivity index (χ1n) is 6.84. The van der Waals surface area contributed by atoms with Gasteiger partial charge in [-0.3, -0.25) is 4.79 Å². The number of hydrogen-bond donors (Lipinski definition) is 0. The number of carbonyl (C=O) groups excluding carboxylic acids is 1. The van der Waals surface area contributed by atoms with Crippen molar-refractivity contribution in [2.24, 2.45) is 0 Å². The van der Waals surface area contributed by atoms with Crippen LogP contribution in [0.3, 0.4) is 0 Å². The van der Waals surface area contributed by atoms with E-state index >= 15 is 0 Å². The first-order valence-corrected chi connectivity index (χ1v) is 6.84. The summed E-state index contributed by atoms with van der Waals surface area (Å²) in [6.07, 6.45) is 3.32. The number of aromatic nitrogens is 1. The summed E-state index contributed by atoms with van der Waals surface area (Å²) in [4.78, 5) is 18.2. The summed E-state index contributed by atoms with van der Waals surface area (Å²) in [5, 5.41) is 1.17. The van der Waals surface area contributed by atoms with Gasteiger partial charge in [0.2, 0.25) is 0 Å². The molecular formula is C16H18N2O. The van der Waals surface area contributed by atoms with E-state index in [0.717, 1.165) is 24.2 Å². The first kappa shape index (κ1) is 12.2. The topological polar surface area (TPSA) is 33.2 Å². The number of benzene rings is 1. The average molecular weight is 254 g/mol. The molecular weight excluding hydrogens is 236 g/mol. The van der Waals surface area contributed by atoms with Crippen molar-refractivity contribution in [3.63, 3.8) is 0 Å². The second-order valence-corrected chi connectivity index (χ2v) is 5.24. The second kappa shape index (κ2) is 5.00. The molecule has 0 atom stereocenters. The highest BCUT2D eigenvalue weighted by Crippen LogP contribution is 2.25. The zero-order valence-electron chi connectivity index (χ0n) is 11.2. The Morgan fingerprint density at radius 3 is 2.63 bits per heavy atom. The highest BCUT2D eigenvalue weighted by atomic mass is 16.1. The fourth-order valence-corrected chi connectivity index (χ4v) is 2.75. The lowest BCUT2D eigenvalue weighted by molar-refractivity contribution is -0.120. The van der Waals surface area contributed by atoms with Gasteiger partial charge in [0, 0.05) is 31.3 Å². The SMILES string of the molecule is CN(c1ccc2ccccc2n1)C1CCC(=O)CC1. The van der Waals surface area contributed by atoms with Crippen molar-refractivity contribution in [2.75, 3.05) is 11.9 Å². The first-order chi connectivity index (χ1) is 9.24. The number of pyridine rings is 1. The summed E-state index contributed by atoms with van der Waals surface area (Å²) in [5.41, 5.74) is 1.03. The Bertz CT molecular complexity index is 598. The molecule has 0 spiro atoms. The van der Waals surface area contributed by atoms with Crippen LogP contribution >= 0.6 is 0 Å². The zero-order chi connectivity index (χ0) is 13.2. The summed E-state index contributed by atoms with van der Waals surface area (Å²) in [6.45, 7) is 0.